The van der Waals surface area contributed by atoms with Gasteiger partial charge in [-0.2, -0.15) is 0 Å². The van der Waals surface area contributed by atoms with E-state index >= 15 is 0 Å². The average Bonchev–Trinajstić information content (AvgIpc) is 2.15. The molecule has 1 aromatic carbocycles. The SMILES string of the molecule is O=C1c2ccc([N+](=O)[O-])cc2S1=O. The second-order valence-corrected chi connectivity index (χ2v) is 3.84. The van der Waals surface area contributed by atoms with Crippen LogP contribution in [0.25, 0.3) is 0 Å². The maximum atomic E-state index is 11.0. The fourth-order valence-electron chi connectivity index (χ4n) is 1.10. The van der Waals surface area contributed by atoms with E-state index in [0.29, 0.717) is 5.56 Å². The minimum Gasteiger partial charge on any atom is -0.278 e. The summed E-state index contributed by atoms with van der Waals surface area (Å²) in [7, 11) is -1.68. The van der Waals surface area contributed by atoms with Crippen molar-refractivity contribution >= 4 is 21.6 Å². The number of carbonyl (C=O) groups excluding carboxylic acids is 1. The van der Waals surface area contributed by atoms with Crippen LogP contribution in [0.4, 0.5) is 5.69 Å². The first-order chi connectivity index (χ1) is 6.11. The molecule has 0 N–H and O–H groups in total. The lowest BCUT2D eigenvalue weighted by molar-refractivity contribution is -0.385. The maximum absolute atomic E-state index is 11.0. The second kappa shape index (κ2) is 2.46. The molecule has 0 spiro atoms. The summed E-state index contributed by atoms with van der Waals surface area (Å²) in [5, 5.41) is 9.84. The Morgan fingerprint density at radius 2 is 2.08 bits per heavy atom. The second-order valence-electron chi connectivity index (χ2n) is 2.49. The lowest BCUT2D eigenvalue weighted by Gasteiger charge is -2.14. The Hall–Kier alpha value is -1.56. The zero-order valence-electron chi connectivity index (χ0n) is 6.22. The summed E-state index contributed by atoms with van der Waals surface area (Å²) >= 11 is 0. The van der Waals surface area contributed by atoms with Crippen molar-refractivity contribution in [1.29, 1.82) is 0 Å². The lowest BCUT2D eigenvalue weighted by Crippen LogP contribution is -2.22. The molecule has 0 fully saturated rings. The highest BCUT2D eigenvalue weighted by Crippen LogP contribution is 2.30. The van der Waals surface area contributed by atoms with Crippen molar-refractivity contribution in [2.24, 2.45) is 0 Å². The first kappa shape index (κ1) is 8.06. The molecule has 6 heteroatoms. The van der Waals surface area contributed by atoms with Crippen molar-refractivity contribution in [1.82, 2.24) is 0 Å². The molecule has 66 valence electrons. The molecule has 0 saturated carbocycles. The third-order valence-electron chi connectivity index (χ3n) is 1.76. The summed E-state index contributed by atoms with van der Waals surface area (Å²) in [4.78, 5) is 20.8. The molecule has 5 nitrogen and oxygen atoms in total. The molecule has 2 rings (SSSR count). The van der Waals surface area contributed by atoms with Crippen molar-refractivity contribution < 1.29 is 13.9 Å². The first-order valence-corrected chi connectivity index (χ1v) is 4.51. The van der Waals surface area contributed by atoms with Crippen molar-refractivity contribution in [3.05, 3.63) is 33.9 Å². The summed E-state index contributed by atoms with van der Waals surface area (Å²) in [6.07, 6.45) is 0. The third kappa shape index (κ3) is 0.988. The molecular formula is C7H3NO4S. The fourth-order valence-corrected chi connectivity index (χ4v) is 2.11. The highest BCUT2D eigenvalue weighted by molar-refractivity contribution is 8.03. The van der Waals surface area contributed by atoms with Gasteiger partial charge >= 0.3 is 0 Å². The Morgan fingerprint density at radius 3 is 2.69 bits per heavy atom. The monoisotopic (exact) mass is 197 g/mol. The van der Waals surface area contributed by atoms with Gasteiger partial charge in [0.2, 0.25) is 0 Å². The molecule has 1 heterocycles. The number of nitro groups is 1. The fraction of sp³-hybridized carbons (Fsp3) is 0. The molecule has 0 bridgehead atoms. The normalized spacial score (nSPS) is 19.1. The molecule has 0 aliphatic carbocycles. The van der Waals surface area contributed by atoms with Crippen LogP contribution in [0.5, 0.6) is 0 Å². The molecule has 13 heavy (non-hydrogen) atoms. The minimum absolute atomic E-state index is 0.139. The van der Waals surface area contributed by atoms with E-state index < -0.39 is 20.8 Å². The van der Waals surface area contributed by atoms with Crippen molar-refractivity contribution in [3.63, 3.8) is 0 Å². The molecular weight excluding hydrogens is 194 g/mol. The van der Waals surface area contributed by atoms with Gasteiger partial charge in [-0.25, -0.2) is 4.21 Å². The van der Waals surface area contributed by atoms with Gasteiger partial charge in [0.25, 0.3) is 10.8 Å². The van der Waals surface area contributed by atoms with E-state index in [-0.39, 0.29) is 10.6 Å². The molecule has 0 aromatic heterocycles. The molecule has 0 saturated heterocycles. The number of hydrogen-bond donors (Lipinski definition) is 0. The van der Waals surface area contributed by atoms with Gasteiger partial charge in [0, 0.05) is 17.7 Å². The number of benzene rings is 1. The van der Waals surface area contributed by atoms with Crippen LogP contribution in [0.1, 0.15) is 10.4 Å². The van der Waals surface area contributed by atoms with E-state index in [1.807, 2.05) is 0 Å². The van der Waals surface area contributed by atoms with Gasteiger partial charge in [-0.15, -0.1) is 0 Å². The minimum atomic E-state index is -1.68. The van der Waals surface area contributed by atoms with E-state index in [0.717, 1.165) is 0 Å². The van der Waals surface area contributed by atoms with Gasteiger partial charge in [-0.1, -0.05) is 0 Å². The van der Waals surface area contributed by atoms with Crippen LogP contribution in [0, 0.1) is 10.1 Å². The highest BCUT2D eigenvalue weighted by Gasteiger charge is 2.34. The number of nitro benzene ring substituents is 1. The van der Waals surface area contributed by atoms with E-state index in [9.17, 15) is 19.1 Å². The van der Waals surface area contributed by atoms with Crippen LogP contribution in [0.3, 0.4) is 0 Å². The third-order valence-corrected chi connectivity index (χ3v) is 3.06. The Morgan fingerprint density at radius 1 is 1.38 bits per heavy atom. The Labute approximate surface area is 75.0 Å². The molecule has 1 aliphatic heterocycles. The zero-order chi connectivity index (χ0) is 9.59. The molecule has 0 radical (unpaired) electrons. The number of nitrogens with zero attached hydrogens (tertiary/aromatic N) is 1. The van der Waals surface area contributed by atoms with Crippen molar-refractivity contribution in [3.8, 4) is 0 Å². The topological polar surface area (TPSA) is 77.3 Å². The van der Waals surface area contributed by atoms with E-state index in [2.05, 4.69) is 0 Å². The Balaban J connectivity index is 2.58. The number of non-ortho nitro benzene ring substituents is 1. The molecule has 0 amide bonds. The maximum Gasteiger partial charge on any atom is 0.270 e. The van der Waals surface area contributed by atoms with Gasteiger partial charge in [-0.3, -0.25) is 14.9 Å². The number of fused-ring (bicyclic) bond motifs is 1. The average molecular weight is 197 g/mol. The summed E-state index contributed by atoms with van der Waals surface area (Å²) in [5.41, 5.74) is 0.184. The van der Waals surface area contributed by atoms with Gasteiger partial charge < -0.3 is 0 Å². The van der Waals surface area contributed by atoms with Crippen LogP contribution in [0.15, 0.2) is 23.1 Å². The number of rotatable bonds is 1. The smallest absolute Gasteiger partial charge is 0.270 e. The van der Waals surface area contributed by atoms with E-state index in [1.165, 1.54) is 18.2 Å². The standard InChI is InChI=1S/C7H3NO4S/c9-7-5-2-1-4(8(10)11)3-6(5)13(7)12/h1-3H. The predicted octanol–water partition coefficient (Wildman–Crippen LogP) is 0.856. The molecule has 1 aromatic rings. The van der Waals surface area contributed by atoms with Gasteiger partial charge in [-0.05, 0) is 6.07 Å². The van der Waals surface area contributed by atoms with Crippen LogP contribution in [-0.2, 0) is 10.8 Å². The molecule has 1 unspecified atom stereocenters. The lowest BCUT2D eigenvalue weighted by atomic mass is 10.2. The largest absolute Gasteiger partial charge is 0.278 e. The van der Waals surface area contributed by atoms with Gasteiger partial charge in [0.1, 0.15) is 10.8 Å². The number of hydrogen-bond acceptors (Lipinski definition) is 4. The Kier molecular flexibility index (Phi) is 1.53. The molecule has 1 aliphatic rings. The van der Waals surface area contributed by atoms with Gasteiger partial charge in [0.05, 0.1) is 9.82 Å². The summed E-state index contributed by atoms with van der Waals surface area (Å²) < 4.78 is 11.0. The van der Waals surface area contributed by atoms with E-state index in [4.69, 9.17) is 0 Å². The number of carbonyl (C=O) groups is 1. The Bertz CT molecular complexity index is 454. The zero-order valence-corrected chi connectivity index (χ0v) is 7.04. The summed E-state index contributed by atoms with van der Waals surface area (Å²) in [5.74, 6) is 0. The predicted molar refractivity (Wildman–Crippen MR) is 43.8 cm³/mol. The van der Waals surface area contributed by atoms with Crippen molar-refractivity contribution in [2.75, 3.05) is 0 Å². The first-order valence-electron chi connectivity index (χ1n) is 3.36. The van der Waals surface area contributed by atoms with Crippen molar-refractivity contribution in [2.45, 2.75) is 4.90 Å². The highest BCUT2D eigenvalue weighted by atomic mass is 32.2. The van der Waals surface area contributed by atoms with Crippen LogP contribution < -0.4 is 0 Å². The van der Waals surface area contributed by atoms with Crippen LogP contribution in [-0.4, -0.2) is 14.2 Å². The summed E-state index contributed by atoms with van der Waals surface area (Å²) in [6, 6.07) is 3.73. The summed E-state index contributed by atoms with van der Waals surface area (Å²) in [6.45, 7) is 0. The van der Waals surface area contributed by atoms with Gasteiger partial charge in [0.15, 0.2) is 0 Å². The van der Waals surface area contributed by atoms with E-state index in [1.54, 1.807) is 0 Å². The van der Waals surface area contributed by atoms with Crippen LogP contribution >= 0.6 is 0 Å². The quantitative estimate of drug-likeness (QED) is 0.494. The van der Waals surface area contributed by atoms with Crippen LogP contribution in [0.2, 0.25) is 0 Å². The molecule has 1 atom stereocenters.